The number of aromatic hydroxyl groups is 2. The highest BCUT2D eigenvalue weighted by Crippen LogP contribution is 2.40. The van der Waals surface area contributed by atoms with E-state index in [9.17, 15) is 20.1 Å². The molecule has 1 unspecified atom stereocenters. The van der Waals surface area contributed by atoms with E-state index in [1.54, 1.807) is 18.2 Å². The standard InChI is InChI=1S/C17H16O6/c1-2-11-12(6-10(18)7-13(11)19)16(17(20)21)9-3-4-14-15(5-9)23-8-22-14/h3-7,16,18-19H,2,8H2,1H3,(H,20,21). The molecule has 1 aliphatic heterocycles. The molecule has 1 atom stereocenters. The van der Waals surface area contributed by atoms with Gasteiger partial charge in [-0.1, -0.05) is 13.0 Å². The molecule has 120 valence electrons. The lowest BCUT2D eigenvalue weighted by atomic mass is 9.86. The van der Waals surface area contributed by atoms with Crippen LogP contribution in [0.1, 0.15) is 29.5 Å². The Morgan fingerprint density at radius 2 is 1.91 bits per heavy atom. The second-order valence-electron chi connectivity index (χ2n) is 5.27. The first-order valence-corrected chi connectivity index (χ1v) is 7.18. The quantitative estimate of drug-likeness (QED) is 0.802. The van der Waals surface area contributed by atoms with Gasteiger partial charge in [-0.15, -0.1) is 0 Å². The van der Waals surface area contributed by atoms with E-state index in [4.69, 9.17) is 9.47 Å². The Morgan fingerprint density at radius 3 is 2.61 bits per heavy atom. The highest BCUT2D eigenvalue weighted by Gasteiger charge is 2.28. The zero-order valence-electron chi connectivity index (χ0n) is 12.4. The van der Waals surface area contributed by atoms with Crippen molar-refractivity contribution in [2.24, 2.45) is 0 Å². The van der Waals surface area contributed by atoms with Gasteiger partial charge in [0, 0.05) is 6.07 Å². The van der Waals surface area contributed by atoms with Crippen molar-refractivity contribution in [1.82, 2.24) is 0 Å². The van der Waals surface area contributed by atoms with E-state index in [0.29, 0.717) is 34.6 Å². The predicted molar refractivity (Wildman–Crippen MR) is 81.2 cm³/mol. The number of fused-ring (bicyclic) bond motifs is 1. The summed E-state index contributed by atoms with van der Waals surface area (Å²) in [4.78, 5) is 11.9. The smallest absolute Gasteiger partial charge is 0.315 e. The summed E-state index contributed by atoms with van der Waals surface area (Å²) in [6, 6.07) is 7.50. The zero-order valence-corrected chi connectivity index (χ0v) is 12.4. The predicted octanol–water partition coefficient (Wildman–Crippen LogP) is 2.61. The number of carboxylic acids is 1. The summed E-state index contributed by atoms with van der Waals surface area (Å²) in [5, 5.41) is 29.5. The van der Waals surface area contributed by atoms with Gasteiger partial charge in [-0.05, 0) is 41.3 Å². The summed E-state index contributed by atoms with van der Waals surface area (Å²) in [7, 11) is 0. The molecule has 2 aromatic carbocycles. The summed E-state index contributed by atoms with van der Waals surface area (Å²) >= 11 is 0. The van der Waals surface area contributed by atoms with Crippen molar-refractivity contribution in [3.8, 4) is 23.0 Å². The molecule has 0 saturated carbocycles. The highest BCUT2D eigenvalue weighted by molar-refractivity contribution is 5.82. The maximum atomic E-state index is 11.9. The van der Waals surface area contributed by atoms with Gasteiger partial charge in [0.1, 0.15) is 17.4 Å². The highest BCUT2D eigenvalue weighted by atomic mass is 16.7. The van der Waals surface area contributed by atoms with Crippen LogP contribution in [0.15, 0.2) is 30.3 Å². The van der Waals surface area contributed by atoms with Crippen LogP contribution in [-0.4, -0.2) is 28.1 Å². The number of phenols is 2. The van der Waals surface area contributed by atoms with E-state index >= 15 is 0 Å². The molecule has 23 heavy (non-hydrogen) atoms. The lowest BCUT2D eigenvalue weighted by molar-refractivity contribution is -0.137. The van der Waals surface area contributed by atoms with E-state index in [2.05, 4.69) is 0 Å². The zero-order chi connectivity index (χ0) is 16.6. The average Bonchev–Trinajstić information content (AvgIpc) is 2.94. The average molecular weight is 316 g/mol. The van der Waals surface area contributed by atoms with Crippen molar-refractivity contribution in [3.63, 3.8) is 0 Å². The summed E-state index contributed by atoms with van der Waals surface area (Å²) < 4.78 is 10.5. The summed E-state index contributed by atoms with van der Waals surface area (Å²) in [6.45, 7) is 1.91. The first-order valence-electron chi connectivity index (χ1n) is 7.18. The van der Waals surface area contributed by atoms with Crippen LogP contribution in [0, 0.1) is 0 Å². The second kappa shape index (κ2) is 5.72. The first-order chi connectivity index (χ1) is 11.0. The Bertz CT molecular complexity index is 768. The largest absolute Gasteiger partial charge is 0.508 e. The molecular weight excluding hydrogens is 300 g/mol. The lowest BCUT2D eigenvalue weighted by Gasteiger charge is -2.18. The van der Waals surface area contributed by atoms with E-state index in [-0.39, 0.29) is 18.3 Å². The number of ether oxygens (including phenoxy) is 2. The molecule has 0 radical (unpaired) electrons. The molecule has 6 nitrogen and oxygen atoms in total. The molecule has 2 aromatic rings. The fourth-order valence-corrected chi connectivity index (χ4v) is 2.85. The number of aliphatic carboxylic acids is 1. The maximum Gasteiger partial charge on any atom is 0.315 e. The van der Waals surface area contributed by atoms with Crippen LogP contribution in [0.25, 0.3) is 0 Å². The molecule has 6 heteroatoms. The molecular formula is C17H16O6. The number of hydrogen-bond acceptors (Lipinski definition) is 5. The molecule has 0 aromatic heterocycles. The van der Waals surface area contributed by atoms with Crippen molar-refractivity contribution in [3.05, 3.63) is 47.0 Å². The molecule has 1 aliphatic rings. The van der Waals surface area contributed by atoms with Gasteiger partial charge in [0.15, 0.2) is 11.5 Å². The van der Waals surface area contributed by atoms with Crippen LogP contribution in [-0.2, 0) is 11.2 Å². The lowest BCUT2D eigenvalue weighted by Crippen LogP contribution is -2.15. The molecule has 0 spiro atoms. The third kappa shape index (κ3) is 2.63. The molecule has 0 bridgehead atoms. The van der Waals surface area contributed by atoms with Crippen molar-refractivity contribution in [2.75, 3.05) is 6.79 Å². The Morgan fingerprint density at radius 1 is 1.17 bits per heavy atom. The number of benzene rings is 2. The van der Waals surface area contributed by atoms with Crippen LogP contribution in [0.4, 0.5) is 0 Å². The Labute approximate surface area is 132 Å². The van der Waals surface area contributed by atoms with Gasteiger partial charge in [0.25, 0.3) is 0 Å². The van der Waals surface area contributed by atoms with Crippen molar-refractivity contribution < 1.29 is 29.6 Å². The van der Waals surface area contributed by atoms with Crippen LogP contribution < -0.4 is 9.47 Å². The summed E-state index contributed by atoms with van der Waals surface area (Å²) in [5.41, 5.74) is 1.34. The first kappa shape index (κ1) is 15.0. The minimum atomic E-state index is -1.08. The summed E-state index contributed by atoms with van der Waals surface area (Å²) in [6.07, 6.45) is 0.440. The van der Waals surface area contributed by atoms with Crippen LogP contribution in [0.2, 0.25) is 0 Å². The third-order valence-corrected chi connectivity index (χ3v) is 3.89. The number of phenolic OH excluding ortho intramolecular Hbond substituents is 2. The van der Waals surface area contributed by atoms with E-state index < -0.39 is 11.9 Å². The molecule has 0 aliphatic carbocycles. The van der Waals surface area contributed by atoms with Gasteiger partial charge in [0.2, 0.25) is 6.79 Å². The van der Waals surface area contributed by atoms with E-state index in [1.165, 1.54) is 12.1 Å². The second-order valence-corrected chi connectivity index (χ2v) is 5.27. The van der Waals surface area contributed by atoms with Crippen LogP contribution in [0.3, 0.4) is 0 Å². The van der Waals surface area contributed by atoms with E-state index in [1.807, 2.05) is 6.92 Å². The fourth-order valence-electron chi connectivity index (χ4n) is 2.85. The van der Waals surface area contributed by atoms with E-state index in [0.717, 1.165) is 0 Å². The Balaban J connectivity index is 2.15. The topological polar surface area (TPSA) is 96.2 Å². The number of rotatable bonds is 4. The summed E-state index contributed by atoms with van der Waals surface area (Å²) in [5.74, 6) is -1.36. The molecule has 0 amide bonds. The van der Waals surface area contributed by atoms with Gasteiger partial charge >= 0.3 is 5.97 Å². The normalized spacial score (nSPS) is 13.8. The van der Waals surface area contributed by atoms with Gasteiger partial charge < -0.3 is 24.8 Å². The molecule has 0 fully saturated rings. The van der Waals surface area contributed by atoms with Crippen molar-refractivity contribution >= 4 is 5.97 Å². The number of hydrogen-bond donors (Lipinski definition) is 3. The number of carboxylic acid groups (broad SMARTS) is 1. The molecule has 1 heterocycles. The van der Waals surface area contributed by atoms with Gasteiger partial charge in [0.05, 0.1) is 0 Å². The monoisotopic (exact) mass is 316 g/mol. The van der Waals surface area contributed by atoms with Gasteiger partial charge in [-0.3, -0.25) is 4.79 Å². The van der Waals surface area contributed by atoms with Crippen molar-refractivity contribution in [1.29, 1.82) is 0 Å². The SMILES string of the molecule is CCc1c(O)cc(O)cc1C(C(=O)O)c1ccc2c(c1)OCO2. The van der Waals surface area contributed by atoms with Gasteiger partial charge in [-0.25, -0.2) is 0 Å². The number of carbonyl (C=O) groups is 1. The minimum Gasteiger partial charge on any atom is -0.508 e. The van der Waals surface area contributed by atoms with Gasteiger partial charge in [-0.2, -0.15) is 0 Å². The van der Waals surface area contributed by atoms with Crippen LogP contribution in [0.5, 0.6) is 23.0 Å². The van der Waals surface area contributed by atoms with Crippen molar-refractivity contribution in [2.45, 2.75) is 19.3 Å². The Hall–Kier alpha value is -2.89. The molecule has 3 N–H and O–H groups in total. The minimum absolute atomic E-state index is 0.101. The molecule has 3 rings (SSSR count). The fraction of sp³-hybridized carbons (Fsp3) is 0.235. The third-order valence-electron chi connectivity index (χ3n) is 3.89. The Kier molecular flexibility index (Phi) is 3.73. The molecule has 0 saturated heterocycles. The van der Waals surface area contributed by atoms with Crippen LogP contribution >= 0.6 is 0 Å². The maximum absolute atomic E-state index is 11.9.